The van der Waals surface area contributed by atoms with Gasteiger partial charge < -0.3 is 20.3 Å². The second-order valence-corrected chi connectivity index (χ2v) is 4.54. The van der Waals surface area contributed by atoms with E-state index in [1.165, 1.54) is 12.1 Å². The lowest BCUT2D eigenvalue weighted by Gasteiger charge is -2.16. The summed E-state index contributed by atoms with van der Waals surface area (Å²) in [5.41, 5.74) is 0.381. The number of fused-ring (bicyclic) bond motifs is 1. The second-order valence-electron chi connectivity index (χ2n) is 4.54. The van der Waals surface area contributed by atoms with Crippen LogP contribution in [-0.4, -0.2) is 37.4 Å². The van der Waals surface area contributed by atoms with Crippen molar-refractivity contribution in [2.75, 3.05) is 0 Å². The van der Waals surface area contributed by atoms with Crippen LogP contribution in [0.25, 0.3) is 10.9 Å². The molecule has 1 aromatic carbocycles. The third kappa shape index (κ3) is 2.84. The average Bonchev–Trinajstić information content (AvgIpc) is 2.36. The van der Waals surface area contributed by atoms with Crippen LogP contribution in [0.4, 0.5) is 0 Å². The molecule has 0 amide bonds. The number of aromatic amines is 1. The van der Waals surface area contributed by atoms with E-state index in [0.29, 0.717) is 11.3 Å². The molecule has 20 heavy (non-hydrogen) atoms. The molecule has 0 radical (unpaired) electrons. The molecule has 0 fully saturated rings. The number of benzene rings is 1. The van der Waals surface area contributed by atoms with Gasteiger partial charge in [0.2, 0.25) is 0 Å². The molecular formula is C13H14N2O5. The standard InChI is InChI=1S/C13H14N2O5/c1-6-14-9-3-2-7(4-8(9)13(20)15-6)12(19)10(16)5-11(17)18/h2-4,10,12,16,19H,5H2,1H3,(H,17,18)(H,14,15,20). The Morgan fingerprint density at radius 3 is 2.75 bits per heavy atom. The van der Waals surface area contributed by atoms with Crippen LogP contribution in [0.15, 0.2) is 23.0 Å². The van der Waals surface area contributed by atoms with Gasteiger partial charge in [0, 0.05) is 0 Å². The third-order valence-corrected chi connectivity index (χ3v) is 2.94. The summed E-state index contributed by atoms with van der Waals surface area (Å²) in [6.07, 6.45) is -3.40. The van der Waals surface area contributed by atoms with Gasteiger partial charge in [-0.15, -0.1) is 0 Å². The van der Waals surface area contributed by atoms with E-state index in [4.69, 9.17) is 5.11 Å². The zero-order valence-electron chi connectivity index (χ0n) is 10.7. The molecule has 2 aromatic rings. The molecule has 1 heterocycles. The van der Waals surface area contributed by atoms with Crippen LogP contribution in [0.2, 0.25) is 0 Å². The summed E-state index contributed by atoms with van der Waals surface area (Å²) >= 11 is 0. The number of aliphatic carboxylic acids is 1. The minimum atomic E-state index is -1.44. The molecule has 0 bridgehead atoms. The lowest BCUT2D eigenvalue weighted by atomic mass is 10.0. The molecule has 106 valence electrons. The largest absolute Gasteiger partial charge is 0.481 e. The molecule has 0 saturated heterocycles. The summed E-state index contributed by atoms with van der Waals surface area (Å²) in [4.78, 5) is 29.0. The van der Waals surface area contributed by atoms with Crippen LogP contribution in [-0.2, 0) is 4.79 Å². The van der Waals surface area contributed by atoms with Crippen LogP contribution in [0.5, 0.6) is 0 Å². The van der Waals surface area contributed by atoms with E-state index in [2.05, 4.69) is 9.97 Å². The zero-order valence-corrected chi connectivity index (χ0v) is 10.7. The van der Waals surface area contributed by atoms with Gasteiger partial charge in [-0.05, 0) is 24.6 Å². The van der Waals surface area contributed by atoms with Gasteiger partial charge in [-0.25, -0.2) is 4.98 Å². The Kier molecular flexibility index (Phi) is 3.82. The van der Waals surface area contributed by atoms with Crippen LogP contribution >= 0.6 is 0 Å². The fraction of sp³-hybridized carbons (Fsp3) is 0.308. The molecule has 0 saturated carbocycles. The summed E-state index contributed by atoms with van der Waals surface area (Å²) in [6.45, 7) is 1.65. The lowest BCUT2D eigenvalue weighted by molar-refractivity contribution is -0.141. The first-order chi connectivity index (χ1) is 9.38. The first-order valence-corrected chi connectivity index (χ1v) is 5.97. The summed E-state index contributed by atoms with van der Waals surface area (Å²) in [5.74, 6) is -0.741. The maximum Gasteiger partial charge on any atom is 0.306 e. The molecule has 1 aromatic heterocycles. The monoisotopic (exact) mass is 278 g/mol. The molecule has 0 aliphatic carbocycles. The number of aliphatic hydroxyl groups excluding tert-OH is 2. The Labute approximate surface area is 113 Å². The highest BCUT2D eigenvalue weighted by Gasteiger charge is 2.21. The van der Waals surface area contributed by atoms with Crippen molar-refractivity contribution in [3.05, 3.63) is 39.9 Å². The highest BCUT2D eigenvalue weighted by molar-refractivity contribution is 5.78. The fourth-order valence-corrected chi connectivity index (χ4v) is 1.97. The Balaban J connectivity index is 2.41. The number of nitrogens with zero attached hydrogens (tertiary/aromatic N) is 1. The Hall–Kier alpha value is -2.25. The van der Waals surface area contributed by atoms with Gasteiger partial charge in [0.15, 0.2) is 0 Å². The minimum Gasteiger partial charge on any atom is -0.481 e. The Morgan fingerprint density at radius 1 is 1.40 bits per heavy atom. The SMILES string of the molecule is Cc1nc2ccc(C(O)C(O)CC(=O)O)cc2c(=O)[nH]1. The molecule has 2 rings (SSSR count). The highest BCUT2D eigenvalue weighted by Crippen LogP contribution is 2.21. The number of nitrogens with one attached hydrogen (secondary N) is 1. The number of hydrogen-bond donors (Lipinski definition) is 4. The topological polar surface area (TPSA) is 124 Å². The van der Waals surface area contributed by atoms with Crippen molar-refractivity contribution >= 4 is 16.9 Å². The normalized spacial score (nSPS) is 14.2. The quantitative estimate of drug-likeness (QED) is 0.629. The van der Waals surface area contributed by atoms with E-state index in [9.17, 15) is 19.8 Å². The first kappa shape index (κ1) is 14.2. The Morgan fingerprint density at radius 2 is 2.10 bits per heavy atom. The molecule has 0 aliphatic heterocycles. The van der Waals surface area contributed by atoms with Crippen molar-refractivity contribution < 1.29 is 20.1 Å². The van der Waals surface area contributed by atoms with Gasteiger partial charge >= 0.3 is 5.97 Å². The van der Waals surface area contributed by atoms with E-state index in [-0.39, 0.29) is 16.5 Å². The summed E-state index contributed by atoms with van der Waals surface area (Å²) in [5, 5.41) is 28.4. The molecule has 0 spiro atoms. The fourth-order valence-electron chi connectivity index (χ4n) is 1.97. The smallest absolute Gasteiger partial charge is 0.306 e. The van der Waals surface area contributed by atoms with Crippen LogP contribution in [0, 0.1) is 6.92 Å². The van der Waals surface area contributed by atoms with Crippen molar-refractivity contribution in [2.24, 2.45) is 0 Å². The summed E-state index contributed by atoms with van der Waals surface area (Å²) < 4.78 is 0. The van der Waals surface area contributed by atoms with Gasteiger partial charge in [-0.2, -0.15) is 0 Å². The van der Waals surface area contributed by atoms with E-state index in [1.807, 2.05) is 0 Å². The molecule has 7 heteroatoms. The van der Waals surface area contributed by atoms with Crippen molar-refractivity contribution in [3.8, 4) is 0 Å². The highest BCUT2D eigenvalue weighted by atomic mass is 16.4. The van der Waals surface area contributed by atoms with E-state index >= 15 is 0 Å². The molecular weight excluding hydrogens is 264 g/mol. The van der Waals surface area contributed by atoms with Gasteiger partial charge in [-0.3, -0.25) is 9.59 Å². The maximum absolute atomic E-state index is 11.8. The van der Waals surface area contributed by atoms with E-state index in [1.54, 1.807) is 13.0 Å². The van der Waals surface area contributed by atoms with E-state index < -0.39 is 24.6 Å². The van der Waals surface area contributed by atoms with Crippen LogP contribution in [0.1, 0.15) is 23.9 Å². The molecule has 7 nitrogen and oxygen atoms in total. The number of aliphatic hydroxyl groups is 2. The Bertz CT molecular complexity index is 709. The minimum absolute atomic E-state index is 0.266. The average molecular weight is 278 g/mol. The number of rotatable bonds is 4. The second kappa shape index (κ2) is 5.40. The van der Waals surface area contributed by atoms with Gasteiger partial charge in [-0.1, -0.05) is 6.07 Å². The van der Waals surface area contributed by atoms with Gasteiger partial charge in [0.05, 0.1) is 23.4 Å². The van der Waals surface area contributed by atoms with Crippen LogP contribution < -0.4 is 5.56 Å². The van der Waals surface area contributed by atoms with Crippen molar-refractivity contribution in [1.29, 1.82) is 0 Å². The van der Waals surface area contributed by atoms with Gasteiger partial charge in [0.25, 0.3) is 5.56 Å². The first-order valence-electron chi connectivity index (χ1n) is 5.97. The predicted molar refractivity (Wildman–Crippen MR) is 70.3 cm³/mol. The number of carboxylic acids is 1. The molecule has 4 N–H and O–H groups in total. The van der Waals surface area contributed by atoms with Crippen molar-refractivity contribution in [1.82, 2.24) is 9.97 Å². The molecule has 2 unspecified atom stereocenters. The third-order valence-electron chi connectivity index (χ3n) is 2.94. The number of H-pyrrole nitrogens is 1. The number of hydrogen-bond acceptors (Lipinski definition) is 5. The number of carboxylic acid groups (broad SMARTS) is 1. The predicted octanol–water partition coefficient (Wildman–Crippen LogP) is 0.101. The van der Waals surface area contributed by atoms with Crippen molar-refractivity contribution in [2.45, 2.75) is 25.6 Å². The van der Waals surface area contributed by atoms with Crippen LogP contribution in [0.3, 0.4) is 0 Å². The summed E-state index contributed by atoms with van der Waals surface area (Å²) in [7, 11) is 0. The zero-order chi connectivity index (χ0) is 14.9. The summed E-state index contributed by atoms with van der Waals surface area (Å²) in [6, 6.07) is 4.45. The number of carbonyl (C=O) groups is 1. The number of aromatic nitrogens is 2. The molecule has 0 aliphatic rings. The maximum atomic E-state index is 11.8. The van der Waals surface area contributed by atoms with Crippen molar-refractivity contribution in [3.63, 3.8) is 0 Å². The lowest BCUT2D eigenvalue weighted by Crippen LogP contribution is -2.22. The number of aryl methyl sites for hydroxylation is 1. The molecule has 2 atom stereocenters. The van der Waals surface area contributed by atoms with Gasteiger partial charge in [0.1, 0.15) is 11.9 Å². The van der Waals surface area contributed by atoms with E-state index in [0.717, 1.165) is 0 Å².